The minimum absolute atomic E-state index is 0.432. The zero-order chi connectivity index (χ0) is 10.7. The van der Waals surface area contributed by atoms with Gasteiger partial charge in [0.25, 0.3) is 0 Å². The molecule has 6 nitrogen and oxygen atoms in total. The first-order chi connectivity index (χ1) is 7.21. The predicted octanol–water partition coefficient (Wildman–Crippen LogP) is -0.894. The average Bonchev–Trinajstić information content (AvgIpc) is 2.24. The van der Waals surface area contributed by atoms with Crippen molar-refractivity contribution in [3.8, 4) is 0 Å². The van der Waals surface area contributed by atoms with Crippen LogP contribution < -0.4 is 16.8 Å². The monoisotopic (exact) mass is 204 g/mol. The molecule has 2 rings (SSSR count). The van der Waals surface area contributed by atoms with Crippen molar-refractivity contribution in [3.05, 3.63) is 36.2 Å². The zero-order valence-electron chi connectivity index (χ0n) is 8.09. The molecule has 0 radical (unpaired) electrons. The van der Waals surface area contributed by atoms with Crippen LogP contribution in [0.1, 0.15) is 5.69 Å². The molecular weight excluding hydrogens is 192 g/mol. The highest BCUT2D eigenvalue weighted by molar-refractivity contribution is 5.59. The summed E-state index contributed by atoms with van der Waals surface area (Å²) in [6.45, 7) is 0. The summed E-state index contributed by atoms with van der Waals surface area (Å²) in [4.78, 5) is 12.2. The van der Waals surface area contributed by atoms with Crippen LogP contribution in [0, 0.1) is 0 Å². The topological polar surface area (TPSA) is 102 Å². The Bertz CT molecular complexity index is 398. The predicted molar refractivity (Wildman–Crippen MR) is 56.6 cm³/mol. The Hall–Kier alpha value is -1.95. The Morgan fingerprint density at radius 1 is 1.40 bits per heavy atom. The van der Waals surface area contributed by atoms with Crippen LogP contribution in [-0.4, -0.2) is 22.0 Å². The number of hydrogen-bond acceptors (Lipinski definition) is 6. The number of nitrogens with zero attached hydrogens (tertiary/aromatic N) is 3. The second kappa shape index (κ2) is 3.66. The first kappa shape index (κ1) is 9.60. The van der Waals surface area contributed by atoms with Gasteiger partial charge in [-0.2, -0.15) is 0 Å². The van der Waals surface area contributed by atoms with Crippen LogP contribution in [0.3, 0.4) is 0 Å². The second-order valence-corrected chi connectivity index (χ2v) is 3.32. The quantitative estimate of drug-likeness (QED) is 0.579. The van der Waals surface area contributed by atoms with Crippen molar-refractivity contribution in [3.63, 3.8) is 0 Å². The smallest absolute Gasteiger partial charge is 0.156 e. The number of hydrogen-bond donors (Lipinski definition) is 3. The van der Waals surface area contributed by atoms with Gasteiger partial charge < -0.3 is 16.8 Å². The minimum atomic E-state index is -0.915. The molecule has 1 aliphatic rings. The van der Waals surface area contributed by atoms with Gasteiger partial charge in [-0.3, -0.25) is 9.97 Å². The van der Waals surface area contributed by atoms with E-state index >= 15 is 0 Å². The molecule has 78 valence electrons. The van der Waals surface area contributed by atoms with Gasteiger partial charge in [0.1, 0.15) is 0 Å². The normalized spacial score (nSPS) is 24.5. The van der Waals surface area contributed by atoms with Crippen LogP contribution in [0.4, 0.5) is 0 Å². The summed E-state index contributed by atoms with van der Waals surface area (Å²) in [5, 5.41) is 2.78. The maximum atomic E-state index is 6.04. The molecule has 0 aromatic carbocycles. The number of nitrogens with two attached hydrogens (primary N) is 2. The molecule has 1 aliphatic heterocycles. The summed E-state index contributed by atoms with van der Waals surface area (Å²) in [5.74, 6) is 0. The highest BCUT2D eigenvalue weighted by atomic mass is 15.1. The van der Waals surface area contributed by atoms with Crippen LogP contribution in [0.5, 0.6) is 0 Å². The van der Waals surface area contributed by atoms with Crippen molar-refractivity contribution in [1.82, 2.24) is 15.3 Å². The van der Waals surface area contributed by atoms with E-state index in [4.69, 9.17) is 11.5 Å². The van der Waals surface area contributed by atoms with Gasteiger partial charge in [0, 0.05) is 31.2 Å². The molecule has 1 aromatic heterocycles. The molecule has 0 bridgehead atoms. The summed E-state index contributed by atoms with van der Waals surface area (Å²) >= 11 is 0. The van der Waals surface area contributed by atoms with E-state index in [0.29, 0.717) is 12.1 Å². The maximum Gasteiger partial charge on any atom is 0.156 e. The number of aliphatic imine (C=N–C) groups is 1. The molecule has 5 N–H and O–H groups in total. The van der Waals surface area contributed by atoms with Gasteiger partial charge in [0.2, 0.25) is 0 Å². The van der Waals surface area contributed by atoms with Gasteiger partial charge in [-0.05, 0) is 0 Å². The molecule has 0 fully saturated rings. The third kappa shape index (κ3) is 1.94. The van der Waals surface area contributed by atoms with Crippen molar-refractivity contribution < 1.29 is 0 Å². The lowest BCUT2D eigenvalue weighted by Gasteiger charge is -2.27. The first-order valence-electron chi connectivity index (χ1n) is 4.50. The van der Waals surface area contributed by atoms with Crippen molar-refractivity contribution in [2.75, 3.05) is 0 Å². The summed E-state index contributed by atoms with van der Waals surface area (Å²) in [6, 6.07) is 0. The summed E-state index contributed by atoms with van der Waals surface area (Å²) in [5.41, 5.74) is 12.1. The lowest BCUT2D eigenvalue weighted by Crippen LogP contribution is -2.48. The Morgan fingerprint density at radius 2 is 2.27 bits per heavy atom. The lowest BCUT2D eigenvalue weighted by atomic mass is 10.0. The average molecular weight is 204 g/mol. The lowest BCUT2D eigenvalue weighted by molar-refractivity contribution is 0.499. The van der Waals surface area contributed by atoms with E-state index in [-0.39, 0.29) is 0 Å². The second-order valence-electron chi connectivity index (χ2n) is 3.32. The van der Waals surface area contributed by atoms with Crippen LogP contribution in [-0.2, 0) is 6.42 Å². The minimum Gasteiger partial charge on any atom is -0.398 e. The zero-order valence-corrected chi connectivity index (χ0v) is 8.09. The standard InChI is InChI=1S/C9H12N6/c10-8-5-13-6-15-9(8,11)3-7-4-12-1-2-14-7/h1-2,4-6H,3,10-11H2,(H,13,15). The van der Waals surface area contributed by atoms with E-state index in [2.05, 4.69) is 20.3 Å². The molecule has 0 aliphatic carbocycles. The maximum absolute atomic E-state index is 6.04. The highest BCUT2D eigenvalue weighted by Gasteiger charge is 2.29. The molecule has 1 unspecified atom stereocenters. The van der Waals surface area contributed by atoms with Gasteiger partial charge in [-0.15, -0.1) is 0 Å². The van der Waals surface area contributed by atoms with Crippen molar-refractivity contribution >= 4 is 6.34 Å². The first-order valence-corrected chi connectivity index (χ1v) is 4.50. The van der Waals surface area contributed by atoms with Crippen molar-refractivity contribution in [2.24, 2.45) is 16.5 Å². The molecule has 1 aromatic rings. The van der Waals surface area contributed by atoms with Gasteiger partial charge in [-0.1, -0.05) is 0 Å². The molecule has 6 heteroatoms. The summed E-state index contributed by atoms with van der Waals surface area (Å²) in [7, 11) is 0. The third-order valence-electron chi connectivity index (χ3n) is 2.18. The molecule has 0 spiro atoms. The Labute approximate surface area is 87.1 Å². The molecule has 2 heterocycles. The van der Waals surface area contributed by atoms with Crippen molar-refractivity contribution in [1.29, 1.82) is 0 Å². The van der Waals surface area contributed by atoms with Crippen LogP contribution >= 0.6 is 0 Å². The van der Waals surface area contributed by atoms with Crippen LogP contribution in [0.15, 0.2) is 35.5 Å². The van der Waals surface area contributed by atoms with Gasteiger partial charge in [0.15, 0.2) is 5.66 Å². The highest BCUT2D eigenvalue weighted by Crippen LogP contribution is 2.17. The van der Waals surface area contributed by atoms with Crippen LogP contribution in [0.2, 0.25) is 0 Å². The van der Waals surface area contributed by atoms with Crippen molar-refractivity contribution in [2.45, 2.75) is 12.1 Å². The van der Waals surface area contributed by atoms with E-state index in [1.165, 1.54) is 6.34 Å². The fourth-order valence-electron chi connectivity index (χ4n) is 1.32. The summed E-state index contributed by atoms with van der Waals surface area (Å²) in [6.07, 6.45) is 8.46. The SMILES string of the molecule is NC1=CNC=NC1(N)Cc1cnccn1. The molecular formula is C9H12N6. The molecule has 0 amide bonds. The largest absolute Gasteiger partial charge is 0.398 e. The summed E-state index contributed by atoms with van der Waals surface area (Å²) < 4.78 is 0. The Morgan fingerprint density at radius 3 is 2.93 bits per heavy atom. The molecule has 1 atom stereocenters. The van der Waals surface area contributed by atoms with E-state index < -0.39 is 5.66 Å². The van der Waals surface area contributed by atoms with Gasteiger partial charge in [-0.25, -0.2) is 4.99 Å². The number of nitrogens with one attached hydrogen (secondary N) is 1. The third-order valence-corrected chi connectivity index (χ3v) is 2.18. The Kier molecular flexibility index (Phi) is 2.34. The van der Waals surface area contributed by atoms with E-state index in [1.807, 2.05) is 0 Å². The molecule has 0 saturated carbocycles. The fourth-order valence-corrected chi connectivity index (χ4v) is 1.32. The number of aromatic nitrogens is 2. The van der Waals surface area contributed by atoms with Crippen LogP contribution in [0.25, 0.3) is 0 Å². The molecule has 0 saturated heterocycles. The Balaban J connectivity index is 2.21. The van der Waals surface area contributed by atoms with E-state index in [0.717, 1.165) is 5.69 Å². The number of rotatable bonds is 2. The van der Waals surface area contributed by atoms with E-state index in [9.17, 15) is 0 Å². The van der Waals surface area contributed by atoms with E-state index in [1.54, 1.807) is 24.8 Å². The fraction of sp³-hybridized carbons (Fsp3) is 0.222. The van der Waals surface area contributed by atoms with Gasteiger partial charge >= 0.3 is 0 Å². The van der Waals surface area contributed by atoms with Gasteiger partial charge in [0.05, 0.1) is 17.7 Å². The molecule has 15 heavy (non-hydrogen) atoms.